The van der Waals surface area contributed by atoms with Crippen LogP contribution in [0.3, 0.4) is 0 Å². The standard InChI is InChI=1S/C15H25FN2/c1-4-10-17-12-13-14(16)8-7-9-15(13)18(6-3)11-5-2/h7-9,17H,4-6,10-12H2,1-3H3. The van der Waals surface area contributed by atoms with Crippen LogP contribution in [0.4, 0.5) is 10.1 Å². The van der Waals surface area contributed by atoms with Crippen LogP contribution in [-0.4, -0.2) is 19.6 Å². The zero-order chi connectivity index (χ0) is 13.4. The highest BCUT2D eigenvalue weighted by Gasteiger charge is 2.12. The molecule has 1 aromatic carbocycles. The van der Waals surface area contributed by atoms with Crippen molar-refractivity contribution in [1.29, 1.82) is 0 Å². The van der Waals surface area contributed by atoms with E-state index >= 15 is 0 Å². The van der Waals surface area contributed by atoms with Crippen molar-refractivity contribution in [3.05, 3.63) is 29.6 Å². The summed E-state index contributed by atoms with van der Waals surface area (Å²) in [7, 11) is 0. The number of benzene rings is 1. The molecule has 102 valence electrons. The molecule has 0 saturated carbocycles. The van der Waals surface area contributed by atoms with E-state index in [-0.39, 0.29) is 5.82 Å². The van der Waals surface area contributed by atoms with E-state index in [1.807, 2.05) is 6.07 Å². The maximum Gasteiger partial charge on any atom is 0.129 e. The quantitative estimate of drug-likeness (QED) is 0.712. The third-order valence-electron chi connectivity index (χ3n) is 3.04. The molecule has 1 rings (SSSR count). The van der Waals surface area contributed by atoms with Gasteiger partial charge in [0, 0.05) is 30.9 Å². The Labute approximate surface area is 110 Å². The van der Waals surface area contributed by atoms with Gasteiger partial charge in [0.05, 0.1) is 0 Å². The third kappa shape index (κ3) is 3.98. The van der Waals surface area contributed by atoms with Gasteiger partial charge in [-0.3, -0.25) is 0 Å². The van der Waals surface area contributed by atoms with Crippen molar-refractivity contribution < 1.29 is 4.39 Å². The molecule has 0 saturated heterocycles. The largest absolute Gasteiger partial charge is 0.371 e. The lowest BCUT2D eigenvalue weighted by atomic mass is 10.1. The number of hydrogen-bond acceptors (Lipinski definition) is 2. The number of rotatable bonds is 8. The van der Waals surface area contributed by atoms with Crippen LogP contribution in [0.15, 0.2) is 18.2 Å². The van der Waals surface area contributed by atoms with Crippen molar-refractivity contribution in [3.63, 3.8) is 0 Å². The van der Waals surface area contributed by atoms with E-state index in [2.05, 4.69) is 31.0 Å². The lowest BCUT2D eigenvalue weighted by Gasteiger charge is -2.25. The smallest absolute Gasteiger partial charge is 0.129 e. The molecule has 0 aliphatic rings. The van der Waals surface area contributed by atoms with Gasteiger partial charge in [-0.15, -0.1) is 0 Å². The minimum Gasteiger partial charge on any atom is -0.371 e. The molecule has 18 heavy (non-hydrogen) atoms. The molecule has 1 N–H and O–H groups in total. The van der Waals surface area contributed by atoms with Gasteiger partial charge in [0.15, 0.2) is 0 Å². The normalized spacial score (nSPS) is 10.7. The Morgan fingerprint density at radius 2 is 1.94 bits per heavy atom. The summed E-state index contributed by atoms with van der Waals surface area (Å²) >= 11 is 0. The summed E-state index contributed by atoms with van der Waals surface area (Å²) in [5.41, 5.74) is 1.82. The average molecular weight is 252 g/mol. The molecule has 0 aliphatic carbocycles. The summed E-state index contributed by atoms with van der Waals surface area (Å²) in [5.74, 6) is -0.106. The van der Waals surface area contributed by atoms with Crippen LogP contribution in [0.5, 0.6) is 0 Å². The second-order valence-corrected chi connectivity index (χ2v) is 4.49. The molecule has 2 nitrogen and oxygen atoms in total. The van der Waals surface area contributed by atoms with Gasteiger partial charge in [0.1, 0.15) is 5.82 Å². The van der Waals surface area contributed by atoms with Gasteiger partial charge < -0.3 is 10.2 Å². The van der Waals surface area contributed by atoms with Crippen LogP contribution in [0.1, 0.15) is 39.2 Å². The molecule has 1 aromatic rings. The molecule has 0 unspecified atom stereocenters. The summed E-state index contributed by atoms with van der Waals surface area (Å²) in [5, 5.41) is 3.29. The number of hydrogen-bond donors (Lipinski definition) is 1. The Kier molecular flexibility index (Phi) is 6.73. The Balaban J connectivity index is 2.90. The monoisotopic (exact) mass is 252 g/mol. The summed E-state index contributed by atoms with van der Waals surface area (Å²) in [4.78, 5) is 2.24. The minimum absolute atomic E-state index is 0.106. The van der Waals surface area contributed by atoms with Crippen LogP contribution in [-0.2, 0) is 6.54 Å². The Morgan fingerprint density at radius 3 is 2.56 bits per heavy atom. The van der Waals surface area contributed by atoms with Gasteiger partial charge in [-0.2, -0.15) is 0 Å². The Bertz CT molecular complexity index is 352. The minimum atomic E-state index is -0.106. The van der Waals surface area contributed by atoms with Crippen LogP contribution < -0.4 is 10.2 Å². The molecule has 0 radical (unpaired) electrons. The molecule has 0 bridgehead atoms. The van der Waals surface area contributed by atoms with E-state index in [9.17, 15) is 4.39 Å². The SMILES string of the molecule is CCCNCc1c(F)cccc1N(CC)CCC. The first-order valence-electron chi connectivity index (χ1n) is 6.97. The summed E-state index contributed by atoms with van der Waals surface area (Å²) in [6.45, 7) is 9.80. The first kappa shape index (κ1) is 15.0. The first-order chi connectivity index (χ1) is 8.74. The lowest BCUT2D eigenvalue weighted by molar-refractivity contribution is 0.584. The molecule has 0 atom stereocenters. The second kappa shape index (κ2) is 8.09. The maximum absolute atomic E-state index is 13.9. The fraction of sp³-hybridized carbons (Fsp3) is 0.600. The van der Waals surface area contributed by atoms with E-state index < -0.39 is 0 Å². The molecular formula is C15H25FN2. The van der Waals surface area contributed by atoms with Crippen LogP contribution in [0.2, 0.25) is 0 Å². The van der Waals surface area contributed by atoms with Crippen molar-refractivity contribution in [3.8, 4) is 0 Å². The average Bonchev–Trinajstić information content (AvgIpc) is 2.38. The Hall–Kier alpha value is -1.09. The summed E-state index contributed by atoms with van der Waals surface area (Å²) in [6, 6.07) is 5.36. The van der Waals surface area contributed by atoms with Crippen LogP contribution in [0, 0.1) is 5.82 Å². The summed E-state index contributed by atoms with van der Waals surface area (Å²) in [6.07, 6.45) is 2.14. The molecule has 0 aromatic heterocycles. The molecule has 0 amide bonds. The second-order valence-electron chi connectivity index (χ2n) is 4.49. The number of nitrogens with zero attached hydrogens (tertiary/aromatic N) is 1. The zero-order valence-electron chi connectivity index (χ0n) is 11.8. The number of anilines is 1. The van der Waals surface area contributed by atoms with Gasteiger partial charge in [0.25, 0.3) is 0 Å². The van der Waals surface area contributed by atoms with Gasteiger partial charge in [-0.25, -0.2) is 4.39 Å². The molecule has 3 heteroatoms. The topological polar surface area (TPSA) is 15.3 Å². The molecule has 0 aliphatic heterocycles. The first-order valence-corrected chi connectivity index (χ1v) is 6.97. The zero-order valence-corrected chi connectivity index (χ0v) is 11.8. The molecular weight excluding hydrogens is 227 g/mol. The lowest BCUT2D eigenvalue weighted by Crippen LogP contribution is -2.26. The fourth-order valence-electron chi connectivity index (χ4n) is 2.13. The number of halogens is 1. The number of nitrogens with one attached hydrogen (secondary N) is 1. The van der Waals surface area contributed by atoms with Crippen LogP contribution in [0.25, 0.3) is 0 Å². The predicted octanol–water partition coefficient (Wildman–Crippen LogP) is 3.56. The fourth-order valence-corrected chi connectivity index (χ4v) is 2.13. The molecule has 0 fully saturated rings. The van der Waals surface area contributed by atoms with E-state index in [4.69, 9.17) is 0 Å². The van der Waals surface area contributed by atoms with Crippen LogP contribution >= 0.6 is 0 Å². The van der Waals surface area contributed by atoms with E-state index in [0.29, 0.717) is 6.54 Å². The highest BCUT2D eigenvalue weighted by Crippen LogP contribution is 2.23. The third-order valence-corrected chi connectivity index (χ3v) is 3.04. The van der Waals surface area contributed by atoms with E-state index in [1.54, 1.807) is 12.1 Å². The Morgan fingerprint density at radius 1 is 1.17 bits per heavy atom. The van der Waals surface area contributed by atoms with Crippen molar-refractivity contribution in [2.75, 3.05) is 24.5 Å². The molecule has 0 spiro atoms. The maximum atomic E-state index is 13.9. The summed E-state index contributed by atoms with van der Waals surface area (Å²) < 4.78 is 13.9. The van der Waals surface area contributed by atoms with E-state index in [0.717, 1.165) is 43.7 Å². The van der Waals surface area contributed by atoms with Crippen molar-refractivity contribution >= 4 is 5.69 Å². The highest BCUT2D eigenvalue weighted by molar-refractivity contribution is 5.54. The van der Waals surface area contributed by atoms with Gasteiger partial charge >= 0.3 is 0 Å². The van der Waals surface area contributed by atoms with Gasteiger partial charge in [0.2, 0.25) is 0 Å². The van der Waals surface area contributed by atoms with Crippen molar-refractivity contribution in [1.82, 2.24) is 5.32 Å². The molecule has 0 heterocycles. The van der Waals surface area contributed by atoms with Gasteiger partial charge in [-0.05, 0) is 38.4 Å². The highest BCUT2D eigenvalue weighted by atomic mass is 19.1. The van der Waals surface area contributed by atoms with E-state index in [1.165, 1.54) is 0 Å². The van der Waals surface area contributed by atoms with Crippen molar-refractivity contribution in [2.45, 2.75) is 40.2 Å². The van der Waals surface area contributed by atoms with Crippen molar-refractivity contribution in [2.24, 2.45) is 0 Å². The van der Waals surface area contributed by atoms with Gasteiger partial charge in [-0.1, -0.05) is 19.9 Å². The predicted molar refractivity (Wildman–Crippen MR) is 76.6 cm³/mol.